The molecule has 2 aromatic rings. The lowest BCUT2D eigenvalue weighted by Crippen LogP contribution is -2.04. The van der Waals surface area contributed by atoms with E-state index in [2.05, 4.69) is 5.10 Å². The van der Waals surface area contributed by atoms with Crippen LogP contribution in [0.15, 0.2) is 48.8 Å². The van der Waals surface area contributed by atoms with Gasteiger partial charge in [-0.05, 0) is 18.1 Å². The molecule has 21 heavy (non-hydrogen) atoms. The maximum absolute atomic E-state index is 11.8. The summed E-state index contributed by atoms with van der Waals surface area (Å²) in [4.78, 5) is 11.8. The first kappa shape index (κ1) is 15.3. The number of carbonyl (C=O) groups excluding carboxylic acids is 1. The second-order valence-electron chi connectivity index (χ2n) is 4.50. The quantitative estimate of drug-likeness (QED) is 0.603. The van der Waals surface area contributed by atoms with Gasteiger partial charge < -0.3 is 4.74 Å². The first-order chi connectivity index (χ1) is 10.2. The van der Waals surface area contributed by atoms with Gasteiger partial charge in [-0.1, -0.05) is 48.9 Å². The van der Waals surface area contributed by atoms with Crippen molar-refractivity contribution in [3.63, 3.8) is 0 Å². The summed E-state index contributed by atoms with van der Waals surface area (Å²) in [7, 11) is 0. The third-order valence-corrected chi connectivity index (χ3v) is 3.24. The van der Waals surface area contributed by atoms with Crippen molar-refractivity contribution in [3.05, 3.63) is 65.0 Å². The van der Waals surface area contributed by atoms with Crippen LogP contribution in [0, 0.1) is 0 Å². The van der Waals surface area contributed by atoms with Crippen LogP contribution in [0.3, 0.4) is 0 Å². The lowest BCUT2D eigenvalue weighted by Gasteiger charge is -2.03. The molecule has 0 radical (unpaired) electrons. The summed E-state index contributed by atoms with van der Waals surface area (Å²) < 4.78 is 6.78. The molecule has 1 aromatic carbocycles. The number of rotatable bonds is 6. The van der Waals surface area contributed by atoms with Crippen molar-refractivity contribution in [1.82, 2.24) is 9.78 Å². The molecular weight excluding hydrogens is 288 g/mol. The Morgan fingerprint density at radius 3 is 2.95 bits per heavy atom. The summed E-state index contributed by atoms with van der Waals surface area (Å²) in [5.41, 5.74) is 1.39. The fourth-order valence-corrected chi connectivity index (χ4v) is 1.99. The number of carbonyl (C=O) groups is 1. The van der Waals surface area contributed by atoms with E-state index in [-0.39, 0.29) is 12.6 Å². The largest absolute Gasteiger partial charge is 0.458 e. The molecule has 0 saturated carbocycles. The predicted octanol–water partition coefficient (Wildman–Crippen LogP) is 3.71. The zero-order valence-corrected chi connectivity index (χ0v) is 12.6. The van der Waals surface area contributed by atoms with Crippen molar-refractivity contribution >= 4 is 17.6 Å². The molecule has 1 aromatic heterocycles. The Morgan fingerprint density at radius 1 is 1.38 bits per heavy atom. The van der Waals surface area contributed by atoms with Crippen LogP contribution >= 0.6 is 11.6 Å². The zero-order valence-electron chi connectivity index (χ0n) is 11.8. The first-order valence-electron chi connectivity index (χ1n) is 6.78. The molecule has 0 aliphatic heterocycles. The molecule has 4 nitrogen and oxygen atoms in total. The number of hydrogen-bond donors (Lipinski definition) is 0. The number of nitrogens with zero attached hydrogens (tertiary/aromatic N) is 2. The number of aromatic nitrogens is 2. The molecule has 1 heterocycles. The van der Waals surface area contributed by atoms with Crippen molar-refractivity contribution in [1.29, 1.82) is 0 Å². The van der Waals surface area contributed by atoms with Crippen LogP contribution < -0.4 is 0 Å². The van der Waals surface area contributed by atoms with Gasteiger partial charge in [-0.25, -0.2) is 4.79 Å². The fraction of sp³-hybridized carbons (Fsp3) is 0.250. The average molecular weight is 305 g/mol. The Bertz CT molecular complexity index is 635. The van der Waals surface area contributed by atoms with Gasteiger partial charge in [0.15, 0.2) is 0 Å². The summed E-state index contributed by atoms with van der Waals surface area (Å²) in [6, 6.07) is 7.55. The highest BCUT2D eigenvalue weighted by Gasteiger charge is 2.10. The number of allylic oxidation sites excluding steroid dienone is 1. The lowest BCUT2D eigenvalue weighted by atomic mass is 10.2. The van der Waals surface area contributed by atoms with Crippen LogP contribution in [-0.2, 0) is 11.3 Å². The molecule has 0 fully saturated rings. The number of benzene rings is 1. The highest BCUT2D eigenvalue weighted by molar-refractivity contribution is 6.31. The van der Waals surface area contributed by atoms with Crippen molar-refractivity contribution in [3.8, 4) is 0 Å². The predicted molar refractivity (Wildman–Crippen MR) is 82.5 cm³/mol. The van der Waals surface area contributed by atoms with E-state index in [1.54, 1.807) is 10.9 Å². The molecule has 0 atom stereocenters. The third kappa shape index (κ3) is 4.46. The molecular formula is C16H17ClN2O2. The number of ether oxygens (including phenoxy) is 1. The van der Waals surface area contributed by atoms with Gasteiger partial charge >= 0.3 is 5.97 Å². The van der Waals surface area contributed by atoms with Gasteiger partial charge in [0.05, 0.1) is 18.3 Å². The SMILES string of the molecule is CCC=CCOC(=O)c1cnn(Cc2ccccc2Cl)c1. The Balaban J connectivity index is 1.96. The monoisotopic (exact) mass is 304 g/mol. The van der Waals surface area contributed by atoms with Gasteiger partial charge in [-0.15, -0.1) is 0 Å². The average Bonchev–Trinajstić information content (AvgIpc) is 2.94. The van der Waals surface area contributed by atoms with E-state index in [4.69, 9.17) is 16.3 Å². The summed E-state index contributed by atoms with van der Waals surface area (Å²) in [6.45, 7) is 2.82. The lowest BCUT2D eigenvalue weighted by molar-refractivity contribution is 0.0549. The molecule has 110 valence electrons. The van der Waals surface area contributed by atoms with Crippen molar-refractivity contribution in [2.75, 3.05) is 6.61 Å². The van der Waals surface area contributed by atoms with Crippen LogP contribution in [0.2, 0.25) is 5.02 Å². The first-order valence-corrected chi connectivity index (χ1v) is 7.16. The van der Waals surface area contributed by atoms with Crippen molar-refractivity contribution in [2.45, 2.75) is 19.9 Å². The van der Waals surface area contributed by atoms with Crippen LogP contribution in [0.1, 0.15) is 29.3 Å². The Kier molecular flexibility index (Phi) is 5.58. The second-order valence-corrected chi connectivity index (χ2v) is 4.90. The topological polar surface area (TPSA) is 44.1 Å². The fourth-order valence-electron chi connectivity index (χ4n) is 1.80. The molecule has 0 spiro atoms. The summed E-state index contributed by atoms with van der Waals surface area (Å²) >= 11 is 6.10. The highest BCUT2D eigenvalue weighted by Crippen LogP contribution is 2.16. The summed E-state index contributed by atoms with van der Waals surface area (Å²) in [5.74, 6) is -0.374. The van der Waals surface area contributed by atoms with Crippen molar-refractivity contribution in [2.24, 2.45) is 0 Å². The minimum absolute atomic E-state index is 0.280. The molecule has 0 amide bonds. The molecule has 5 heteroatoms. The molecule has 0 aliphatic rings. The molecule has 0 unspecified atom stereocenters. The van der Waals surface area contributed by atoms with Gasteiger partial charge in [0.25, 0.3) is 0 Å². The van der Waals surface area contributed by atoms with Crippen LogP contribution in [0.5, 0.6) is 0 Å². The van der Waals surface area contributed by atoms with E-state index < -0.39 is 0 Å². The molecule has 0 N–H and O–H groups in total. The normalized spacial score (nSPS) is 11.0. The van der Waals surface area contributed by atoms with E-state index in [9.17, 15) is 4.79 Å². The number of esters is 1. The molecule has 0 aliphatic carbocycles. The van der Waals surface area contributed by atoms with Crippen LogP contribution in [0.25, 0.3) is 0 Å². The number of halogens is 1. The van der Waals surface area contributed by atoms with Gasteiger partial charge in [-0.3, -0.25) is 4.68 Å². The van der Waals surface area contributed by atoms with E-state index in [1.165, 1.54) is 6.20 Å². The minimum Gasteiger partial charge on any atom is -0.458 e. The standard InChI is InChI=1S/C16H17ClN2O2/c1-2-3-6-9-21-16(20)14-10-18-19(12-14)11-13-7-4-5-8-15(13)17/h3-8,10,12H,2,9,11H2,1H3. The summed E-state index contributed by atoms with van der Waals surface area (Å²) in [5, 5.41) is 4.84. The van der Waals surface area contributed by atoms with E-state index in [1.807, 2.05) is 43.3 Å². The Labute approximate surface area is 129 Å². The van der Waals surface area contributed by atoms with E-state index in [0.717, 1.165) is 12.0 Å². The minimum atomic E-state index is -0.374. The summed E-state index contributed by atoms with van der Waals surface area (Å²) in [6.07, 6.45) is 7.87. The maximum atomic E-state index is 11.8. The van der Waals surface area contributed by atoms with Crippen LogP contribution in [0.4, 0.5) is 0 Å². The number of hydrogen-bond acceptors (Lipinski definition) is 3. The maximum Gasteiger partial charge on any atom is 0.341 e. The Hall–Kier alpha value is -2.07. The van der Waals surface area contributed by atoms with Gasteiger partial charge in [0, 0.05) is 11.2 Å². The highest BCUT2D eigenvalue weighted by atomic mass is 35.5. The van der Waals surface area contributed by atoms with Gasteiger partial charge in [0.2, 0.25) is 0 Å². The molecule has 0 bridgehead atoms. The van der Waals surface area contributed by atoms with Crippen molar-refractivity contribution < 1.29 is 9.53 Å². The molecule has 0 saturated heterocycles. The zero-order chi connectivity index (χ0) is 15.1. The van der Waals surface area contributed by atoms with E-state index in [0.29, 0.717) is 17.1 Å². The third-order valence-electron chi connectivity index (χ3n) is 2.87. The van der Waals surface area contributed by atoms with Crippen LogP contribution in [-0.4, -0.2) is 22.4 Å². The molecule has 2 rings (SSSR count). The Morgan fingerprint density at radius 2 is 2.19 bits per heavy atom. The van der Waals surface area contributed by atoms with Gasteiger partial charge in [-0.2, -0.15) is 5.10 Å². The van der Waals surface area contributed by atoms with Gasteiger partial charge in [0.1, 0.15) is 6.61 Å². The van der Waals surface area contributed by atoms with E-state index >= 15 is 0 Å². The smallest absolute Gasteiger partial charge is 0.341 e. The second kappa shape index (κ2) is 7.64.